The van der Waals surface area contributed by atoms with Gasteiger partial charge in [-0.05, 0) is 12.5 Å². The first-order valence-electron chi connectivity index (χ1n) is 5.49. The Labute approximate surface area is 102 Å². The summed E-state index contributed by atoms with van der Waals surface area (Å²) in [6.07, 6.45) is 0. The van der Waals surface area contributed by atoms with E-state index in [1.807, 2.05) is 37.3 Å². The van der Waals surface area contributed by atoms with E-state index in [0.29, 0.717) is 0 Å². The summed E-state index contributed by atoms with van der Waals surface area (Å²) in [6.45, 7) is 3.36. The second-order valence-electron chi connectivity index (χ2n) is 3.88. The largest absolute Gasteiger partial charge is 0.349 e. The highest BCUT2D eigenvalue weighted by Gasteiger charge is 2.16. The summed E-state index contributed by atoms with van der Waals surface area (Å²) in [5.41, 5.74) is 0.953. The SMILES string of the molecule is CCS(=O)(=O)CC(=O)NC(C)c1ccccc1. The van der Waals surface area contributed by atoms with E-state index in [-0.39, 0.29) is 11.8 Å². The standard InChI is InChI=1S/C12H17NO3S/c1-3-17(15,16)9-12(14)13-10(2)11-7-5-4-6-8-11/h4-8,10H,3,9H2,1-2H3,(H,13,14). The predicted octanol–water partition coefficient (Wildman–Crippen LogP) is 1.30. The summed E-state index contributed by atoms with van der Waals surface area (Å²) in [5.74, 6) is -0.913. The third-order valence-electron chi connectivity index (χ3n) is 2.47. The third-order valence-corrected chi connectivity index (χ3v) is 4.05. The van der Waals surface area contributed by atoms with E-state index in [9.17, 15) is 13.2 Å². The average molecular weight is 255 g/mol. The Balaban J connectivity index is 2.59. The van der Waals surface area contributed by atoms with Gasteiger partial charge in [0.05, 0.1) is 6.04 Å². The Hall–Kier alpha value is -1.36. The molecule has 0 heterocycles. The number of hydrogen-bond donors (Lipinski definition) is 1. The van der Waals surface area contributed by atoms with E-state index in [0.717, 1.165) is 5.56 Å². The molecule has 0 aromatic heterocycles. The lowest BCUT2D eigenvalue weighted by atomic mass is 10.1. The number of rotatable bonds is 5. The zero-order valence-electron chi connectivity index (χ0n) is 10.0. The van der Waals surface area contributed by atoms with Gasteiger partial charge in [-0.25, -0.2) is 8.42 Å². The van der Waals surface area contributed by atoms with Gasteiger partial charge in [-0.2, -0.15) is 0 Å². The maximum Gasteiger partial charge on any atom is 0.235 e. The molecule has 0 radical (unpaired) electrons. The zero-order chi connectivity index (χ0) is 12.9. The molecule has 0 spiro atoms. The van der Waals surface area contributed by atoms with Gasteiger partial charge in [-0.1, -0.05) is 37.3 Å². The second kappa shape index (κ2) is 5.82. The minimum absolute atomic E-state index is 0.0138. The van der Waals surface area contributed by atoms with Crippen LogP contribution in [-0.4, -0.2) is 25.8 Å². The van der Waals surface area contributed by atoms with Crippen LogP contribution in [0.1, 0.15) is 25.5 Å². The molecule has 1 aromatic rings. The van der Waals surface area contributed by atoms with Gasteiger partial charge in [0.1, 0.15) is 5.75 Å². The van der Waals surface area contributed by atoms with Gasteiger partial charge in [0.15, 0.2) is 9.84 Å². The van der Waals surface area contributed by atoms with Crippen molar-refractivity contribution >= 4 is 15.7 Å². The van der Waals surface area contributed by atoms with Crippen LogP contribution >= 0.6 is 0 Å². The lowest BCUT2D eigenvalue weighted by Gasteiger charge is -2.14. The fourth-order valence-corrected chi connectivity index (χ4v) is 2.10. The number of carbonyl (C=O) groups is 1. The highest BCUT2D eigenvalue weighted by Crippen LogP contribution is 2.10. The highest BCUT2D eigenvalue weighted by molar-refractivity contribution is 7.92. The molecular weight excluding hydrogens is 238 g/mol. The monoisotopic (exact) mass is 255 g/mol. The first-order chi connectivity index (χ1) is 7.94. The van der Waals surface area contributed by atoms with Crippen molar-refractivity contribution in [1.29, 1.82) is 0 Å². The van der Waals surface area contributed by atoms with Crippen LogP contribution in [-0.2, 0) is 14.6 Å². The number of hydrogen-bond acceptors (Lipinski definition) is 3. The summed E-state index contributed by atoms with van der Waals surface area (Å²) >= 11 is 0. The van der Waals surface area contributed by atoms with Crippen molar-refractivity contribution in [3.05, 3.63) is 35.9 Å². The summed E-state index contributed by atoms with van der Waals surface area (Å²) in [7, 11) is -3.26. The first-order valence-corrected chi connectivity index (χ1v) is 7.31. The minimum Gasteiger partial charge on any atom is -0.349 e. The van der Waals surface area contributed by atoms with Gasteiger partial charge < -0.3 is 5.32 Å². The topological polar surface area (TPSA) is 63.2 Å². The van der Waals surface area contributed by atoms with E-state index in [1.165, 1.54) is 6.92 Å². The van der Waals surface area contributed by atoms with E-state index in [2.05, 4.69) is 5.32 Å². The van der Waals surface area contributed by atoms with Crippen LogP contribution in [0.25, 0.3) is 0 Å². The fourth-order valence-electron chi connectivity index (χ4n) is 1.41. The molecule has 1 amide bonds. The molecular formula is C12H17NO3S. The molecule has 0 aliphatic heterocycles. The molecule has 1 atom stereocenters. The molecule has 1 N–H and O–H groups in total. The van der Waals surface area contributed by atoms with Crippen LogP contribution in [0.2, 0.25) is 0 Å². The predicted molar refractivity (Wildman–Crippen MR) is 67.3 cm³/mol. The lowest BCUT2D eigenvalue weighted by Crippen LogP contribution is -2.32. The van der Waals surface area contributed by atoms with E-state index in [1.54, 1.807) is 0 Å². The molecule has 1 aromatic carbocycles. The Kier molecular flexibility index (Phi) is 4.69. The molecule has 94 valence electrons. The molecule has 1 rings (SSSR count). The minimum atomic E-state index is -3.26. The van der Waals surface area contributed by atoms with E-state index >= 15 is 0 Å². The Morgan fingerprint density at radius 3 is 2.41 bits per heavy atom. The number of carbonyl (C=O) groups excluding carboxylic acids is 1. The van der Waals surface area contributed by atoms with Gasteiger partial charge in [0.2, 0.25) is 5.91 Å². The molecule has 5 heteroatoms. The number of benzene rings is 1. The van der Waals surface area contributed by atoms with Crippen molar-refractivity contribution in [1.82, 2.24) is 5.32 Å². The lowest BCUT2D eigenvalue weighted by molar-refractivity contribution is -0.119. The summed E-state index contributed by atoms with van der Waals surface area (Å²) < 4.78 is 22.5. The molecule has 17 heavy (non-hydrogen) atoms. The number of sulfone groups is 1. The van der Waals surface area contributed by atoms with Crippen LogP contribution < -0.4 is 5.32 Å². The van der Waals surface area contributed by atoms with Gasteiger partial charge in [-0.3, -0.25) is 4.79 Å². The maximum atomic E-state index is 11.5. The quantitative estimate of drug-likeness (QED) is 0.862. The average Bonchev–Trinajstić information content (AvgIpc) is 2.29. The van der Waals surface area contributed by atoms with Crippen molar-refractivity contribution in [2.24, 2.45) is 0 Å². The Morgan fingerprint density at radius 1 is 1.29 bits per heavy atom. The van der Waals surface area contributed by atoms with Crippen LogP contribution in [0.3, 0.4) is 0 Å². The first kappa shape index (κ1) is 13.7. The number of nitrogens with one attached hydrogen (secondary N) is 1. The van der Waals surface area contributed by atoms with Crippen LogP contribution in [0, 0.1) is 0 Å². The molecule has 0 saturated heterocycles. The van der Waals surface area contributed by atoms with Gasteiger partial charge in [0.25, 0.3) is 0 Å². The number of amides is 1. The second-order valence-corrected chi connectivity index (χ2v) is 6.23. The zero-order valence-corrected chi connectivity index (χ0v) is 10.8. The van der Waals surface area contributed by atoms with Gasteiger partial charge in [-0.15, -0.1) is 0 Å². The molecule has 1 unspecified atom stereocenters. The summed E-state index contributed by atoms with van der Waals surface area (Å²) in [6, 6.07) is 9.23. The summed E-state index contributed by atoms with van der Waals surface area (Å²) in [5, 5.41) is 2.67. The van der Waals surface area contributed by atoms with Crippen LogP contribution in [0.15, 0.2) is 30.3 Å². The van der Waals surface area contributed by atoms with E-state index < -0.39 is 21.5 Å². The maximum absolute atomic E-state index is 11.5. The summed E-state index contributed by atoms with van der Waals surface area (Å²) in [4.78, 5) is 11.5. The highest BCUT2D eigenvalue weighted by atomic mass is 32.2. The van der Waals surface area contributed by atoms with Crippen molar-refractivity contribution < 1.29 is 13.2 Å². The van der Waals surface area contributed by atoms with Crippen molar-refractivity contribution in [3.8, 4) is 0 Å². The third kappa shape index (κ3) is 4.56. The molecule has 0 bridgehead atoms. The molecule has 0 saturated carbocycles. The van der Waals surface area contributed by atoms with Gasteiger partial charge in [0, 0.05) is 5.75 Å². The normalized spacial score (nSPS) is 13.1. The Bertz CT molecular complexity index is 468. The molecule has 0 aliphatic rings. The smallest absolute Gasteiger partial charge is 0.235 e. The Morgan fingerprint density at radius 2 is 1.88 bits per heavy atom. The molecule has 0 fully saturated rings. The molecule has 4 nitrogen and oxygen atoms in total. The van der Waals surface area contributed by atoms with Gasteiger partial charge >= 0.3 is 0 Å². The fraction of sp³-hybridized carbons (Fsp3) is 0.417. The van der Waals surface area contributed by atoms with Crippen molar-refractivity contribution in [2.75, 3.05) is 11.5 Å². The van der Waals surface area contributed by atoms with E-state index in [4.69, 9.17) is 0 Å². The molecule has 0 aliphatic carbocycles. The van der Waals surface area contributed by atoms with Crippen LogP contribution in [0.4, 0.5) is 0 Å². The van der Waals surface area contributed by atoms with Crippen molar-refractivity contribution in [3.63, 3.8) is 0 Å². The van der Waals surface area contributed by atoms with Crippen molar-refractivity contribution in [2.45, 2.75) is 19.9 Å². The van der Waals surface area contributed by atoms with Crippen LogP contribution in [0.5, 0.6) is 0 Å².